The van der Waals surface area contributed by atoms with Crippen molar-refractivity contribution in [1.82, 2.24) is 5.32 Å². The van der Waals surface area contributed by atoms with Gasteiger partial charge in [0.1, 0.15) is 0 Å². The first-order valence-electron chi connectivity index (χ1n) is 6.02. The number of aliphatic hydroxyl groups is 1. The van der Waals surface area contributed by atoms with Crippen molar-refractivity contribution in [2.45, 2.75) is 39.0 Å². The van der Waals surface area contributed by atoms with Gasteiger partial charge in [0.2, 0.25) is 0 Å². The Morgan fingerprint density at radius 1 is 1.18 bits per heavy atom. The first-order chi connectivity index (χ1) is 8.07. The molecule has 0 aliphatic carbocycles. The fourth-order valence-electron chi connectivity index (χ4n) is 1.49. The maximum Gasteiger partial charge on any atom is 0.0681 e. The Bertz CT molecular complexity index is 319. The predicted molar refractivity (Wildman–Crippen MR) is 69.8 cm³/mol. The lowest BCUT2D eigenvalue weighted by Crippen LogP contribution is -2.28. The van der Waals surface area contributed by atoms with Gasteiger partial charge in [-0.3, -0.25) is 0 Å². The Kier molecular flexibility index (Phi) is 5.62. The van der Waals surface area contributed by atoms with E-state index in [-0.39, 0.29) is 12.2 Å². The Labute approximate surface area is 104 Å². The van der Waals surface area contributed by atoms with Gasteiger partial charge in [-0.25, -0.2) is 0 Å². The monoisotopic (exact) mass is 237 g/mol. The average molecular weight is 237 g/mol. The molecule has 0 aliphatic heterocycles. The Morgan fingerprint density at radius 2 is 1.76 bits per heavy atom. The molecule has 3 heteroatoms. The summed E-state index contributed by atoms with van der Waals surface area (Å²) < 4.78 is 5.35. The van der Waals surface area contributed by atoms with Crippen molar-refractivity contribution in [3.8, 4) is 0 Å². The molecular weight excluding hydrogens is 214 g/mol. The molecule has 0 aromatic heterocycles. The zero-order valence-corrected chi connectivity index (χ0v) is 11.0. The van der Waals surface area contributed by atoms with Crippen LogP contribution < -0.4 is 5.32 Å². The van der Waals surface area contributed by atoms with Crippen molar-refractivity contribution < 1.29 is 9.84 Å². The standard InChI is InChI=1S/C14H23NO2/c1-14(2,17-3)8-9-15-10-12-4-6-13(11-16)7-5-12/h4-7,15-16H,8-11H2,1-3H3. The van der Waals surface area contributed by atoms with Crippen LogP contribution >= 0.6 is 0 Å². The molecule has 2 N–H and O–H groups in total. The van der Waals surface area contributed by atoms with Gasteiger partial charge in [0, 0.05) is 13.7 Å². The highest BCUT2D eigenvalue weighted by molar-refractivity contribution is 5.21. The van der Waals surface area contributed by atoms with Crippen molar-refractivity contribution in [3.63, 3.8) is 0 Å². The molecule has 0 unspecified atom stereocenters. The van der Waals surface area contributed by atoms with Gasteiger partial charge >= 0.3 is 0 Å². The SMILES string of the molecule is COC(C)(C)CCNCc1ccc(CO)cc1. The lowest BCUT2D eigenvalue weighted by molar-refractivity contribution is 0.0158. The number of aliphatic hydroxyl groups excluding tert-OH is 1. The van der Waals surface area contributed by atoms with Crippen LogP contribution in [-0.4, -0.2) is 24.4 Å². The number of rotatable bonds is 7. The maximum atomic E-state index is 8.93. The van der Waals surface area contributed by atoms with Crippen LogP contribution in [0.1, 0.15) is 31.4 Å². The minimum absolute atomic E-state index is 0.0618. The summed E-state index contributed by atoms with van der Waals surface area (Å²) in [5, 5.41) is 12.3. The zero-order chi connectivity index (χ0) is 12.7. The summed E-state index contributed by atoms with van der Waals surface area (Å²) in [7, 11) is 1.74. The molecule has 0 fully saturated rings. The lowest BCUT2D eigenvalue weighted by atomic mass is 10.1. The smallest absolute Gasteiger partial charge is 0.0681 e. The molecule has 3 nitrogen and oxygen atoms in total. The van der Waals surface area contributed by atoms with E-state index in [9.17, 15) is 0 Å². The van der Waals surface area contributed by atoms with Gasteiger partial charge in [0.15, 0.2) is 0 Å². The summed E-state index contributed by atoms with van der Waals surface area (Å²) in [5.74, 6) is 0. The van der Waals surface area contributed by atoms with E-state index < -0.39 is 0 Å². The van der Waals surface area contributed by atoms with Gasteiger partial charge in [0.05, 0.1) is 12.2 Å². The van der Waals surface area contributed by atoms with E-state index in [1.807, 2.05) is 24.3 Å². The molecule has 1 aromatic carbocycles. The molecule has 1 rings (SSSR count). The summed E-state index contributed by atoms with van der Waals surface area (Å²) in [5.41, 5.74) is 2.12. The summed E-state index contributed by atoms with van der Waals surface area (Å²) in [4.78, 5) is 0. The van der Waals surface area contributed by atoms with Crippen LogP contribution in [0.5, 0.6) is 0 Å². The maximum absolute atomic E-state index is 8.93. The van der Waals surface area contributed by atoms with E-state index in [0.717, 1.165) is 25.1 Å². The second kappa shape index (κ2) is 6.74. The summed E-state index contributed by atoms with van der Waals surface area (Å²) in [6.07, 6.45) is 0.984. The predicted octanol–water partition coefficient (Wildman–Crippen LogP) is 2.08. The minimum atomic E-state index is -0.0618. The molecule has 1 aromatic rings. The summed E-state index contributed by atoms with van der Waals surface area (Å²) >= 11 is 0. The van der Waals surface area contributed by atoms with Crippen LogP contribution in [-0.2, 0) is 17.9 Å². The van der Waals surface area contributed by atoms with Gasteiger partial charge in [-0.15, -0.1) is 0 Å². The molecule has 0 aliphatic rings. The third-order valence-electron chi connectivity index (χ3n) is 2.99. The van der Waals surface area contributed by atoms with Crippen molar-refractivity contribution in [1.29, 1.82) is 0 Å². The van der Waals surface area contributed by atoms with E-state index in [1.54, 1.807) is 7.11 Å². The molecule has 96 valence electrons. The van der Waals surface area contributed by atoms with Crippen LogP contribution in [0.3, 0.4) is 0 Å². The third kappa shape index (κ3) is 5.31. The first-order valence-corrected chi connectivity index (χ1v) is 6.02. The highest BCUT2D eigenvalue weighted by Gasteiger charge is 2.14. The van der Waals surface area contributed by atoms with Crippen LogP contribution in [0.2, 0.25) is 0 Å². The largest absolute Gasteiger partial charge is 0.392 e. The normalized spacial score (nSPS) is 11.8. The van der Waals surface area contributed by atoms with E-state index in [4.69, 9.17) is 9.84 Å². The number of methoxy groups -OCH3 is 1. The van der Waals surface area contributed by atoms with E-state index in [0.29, 0.717) is 0 Å². The van der Waals surface area contributed by atoms with Gasteiger partial charge < -0.3 is 15.2 Å². The lowest BCUT2D eigenvalue weighted by Gasteiger charge is -2.22. The molecule has 0 saturated carbocycles. The quantitative estimate of drug-likeness (QED) is 0.713. The van der Waals surface area contributed by atoms with Gasteiger partial charge in [0.25, 0.3) is 0 Å². The second-order valence-electron chi connectivity index (χ2n) is 4.87. The summed E-state index contributed by atoms with van der Waals surface area (Å²) in [6, 6.07) is 7.99. The van der Waals surface area contributed by atoms with Gasteiger partial charge in [-0.05, 0) is 37.9 Å². The van der Waals surface area contributed by atoms with Crippen molar-refractivity contribution in [2.24, 2.45) is 0 Å². The Balaban J connectivity index is 2.26. The molecule has 0 amide bonds. The highest BCUT2D eigenvalue weighted by Crippen LogP contribution is 2.11. The first kappa shape index (κ1) is 14.2. The van der Waals surface area contributed by atoms with Gasteiger partial charge in [-0.1, -0.05) is 24.3 Å². The molecule has 0 bridgehead atoms. The van der Waals surface area contributed by atoms with E-state index in [1.165, 1.54) is 5.56 Å². The highest BCUT2D eigenvalue weighted by atomic mass is 16.5. The molecule has 17 heavy (non-hydrogen) atoms. The molecule has 0 radical (unpaired) electrons. The number of benzene rings is 1. The van der Waals surface area contributed by atoms with Crippen molar-refractivity contribution in [3.05, 3.63) is 35.4 Å². The molecular formula is C14H23NO2. The Morgan fingerprint density at radius 3 is 2.29 bits per heavy atom. The van der Waals surface area contributed by atoms with Crippen LogP contribution in [0.4, 0.5) is 0 Å². The van der Waals surface area contributed by atoms with E-state index >= 15 is 0 Å². The third-order valence-corrected chi connectivity index (χ3v) is 2.99. The average Bonchev–Trinajstić information content (AvgIpc) is 2.35. The summed E-state index contributed by atoms with van der Waals surface area (Å²) in [6.45, 7) is 6.07. The fraction of sp³-hybridized carbons (Fsp3) is 0.571. The molecule has 0 spiro atoms. The van der Waals surface area contributed by atoms with Crippen LogP contribution in [0.25, 0.3) is 0 Å². The van der Waals surface area contributed by atoms with Gasteiger partial charge in [-0.2, -0.15) is 0 Å². The Hall–Kier alpha value is -0.900. The number of hydrogen-bond donors (Lipinski definition) is 2. The minimum Gasteiger partial charge on any atom is -0.392 e. The molecule has 0 heterocycles. The van der Waals surface area contributed by atoms with Crippen molar-refractivity contribution in [2.75, 3.05) is 13.7 Å². The number of ether oxygens (including phenoxy) is 1. The van der Waals surface area contributed by atoms with E-state index in [2.05, 4.69) is 19.2 Å². The van der Waals surface area contributed by atoms with Crippen LogP contribution in [0, 0.1) is 0 Å². The molecule has 0 atom stereocenters. The topological polar surface area (TPSA) is 41.5 Å². The second-order valence-corrected chi connectivity index (χ2v) is 4.87. The van der Waals surface area contributed by atoms with Crippen LogP contribution in [0.15, 0.2) is 24.3 Å². The fourth-order valence-corrected chi connectivity index (χ4v) is 1.49. The number of hydrogen-bond acceptors (Lipinski definition) is 3. The number of nitrogens with one attached hydrogen (secondary N) is 1. The molecule has 0 saturated heterocycles. The van der Waals surface area contributed by atoms with Crippen molar-refractivity contribution >= 4 is 0 Å². The zero-order valence-electron chi connectivity index (χ0n) is 11.0.